The van der Waals surface area contributed by atoms with Crippen molar-refractivity contribution >= 4 is 51.7 Å². The minimum Gasteiger partial charge on any atom is -0.477 e. The number of β-lactam (4-membered cyclic amide) rings is 1. The number of nitrogens with two attached hydrogens (primary N) is 1. The van der Waals surface area contributed by atoms with Gasteiger partial charge in [0.05, 0.1) is 26.7 Å². The quantitative estimate of drug-likeness (QED) is 0.201. The Morgan fingerprint density at radius 3 is 2.79 bits per heavy atom. The van der Waals surface area contributed by atoms with E-state index in [0.717, 1.165) is 35.5 Å². The van der Waals surface area contributed by atoms with E-state index in [1.54, 1.807) is 5.38 Å². The highest BCUT2D eigenvalue weighted by molar-refractivity contribution is 8.00. The summed E-state index contributed by atoms with van der Waals surface area (Å²) in [6, 6.07) is -0.885. The number of amides is 2. The zero-order valence-electron chi connectivity index (χ0n) is 18.9. The summed E-state index contributed by atoms with van der Waals surface area (Å²) in [7, 11) is 3.49. The van der Waals surface area contributed by atoms with Gasteiger partial charge in [0, 0.05) is 24.0 Å². The average Bonchev–Trinajstić information content (AvgIpc) is 3.43. The van der Waals surface area contributed by atoms with Gasteiger partial charge in [-0.1, -0.05) is 11.2 Å². The number of thiazole rings is 1. The number of carboxylic acids is 1. The smallest absolute Gasteiger partial charge is 0.352 e. The third kappa shape index (κ3) is 4.68. The van der Waals surface area contributed by atoms with Crippen LogP contribution in [0.15, 0.2) is 34.0 Å². The van der Waals surface area contributed by atoms with E-state index in [0.29, 0.717) is 11.3 Å². The summed E-state index contributed by atoms with van der Waals surface area (Å²) >= 11 is 2.55. The van der Waals surface area contributed by atoms with Crippen molar-refractivity contribution in [2.45, 2.75) is 24.3 Å². The normalized spacial score (nSPS) is 24.2. The predicted octanol–water partition coefficient (Wildman–Crippen LogP) is 0.611. The Labute approximate surface area is 204 Å². The number of likely N-dealkylation sites (N-methyl/N-ethyl adjacent to an activating group) is 1. The molecule has 182 valence electrons. The number of likely N-dealkylation sites (tertiary alicyclic amines) is 1. The number of aromatic nitrogens is 1. The molecule has 4 heterocycles. The molecular formula is C21H27N6O5S2+. The van der Waals surface area contributed by atoms with Crippen molar-refractivity contribution in [3.8, 4) is 0 Å². The van der Waals surface area contributed by atoms with Crippen LogP contribution in [0.2, 0.25) is 0 Å². The molecule has 0 aliphatic carbocycles. The summed E-state index contributed by atoms with van der Waals surface area (Å²) in [6.07, 6.45) is 6.23. The summed E-state index contributed by atoms with van der Waals surface area (Å²) in [6.45, 7) is 3.04. The number of allylic oxidation sites excluding steroid dienone is 1. The van der Waals surface area contributed by atoms with Gasteiger partial charge in [-0.3, -0.25) is 14.5 Å². The van der Waals surface area contributed by atoms with E-state index in [9.17, 15) is 19.5 Å². The number of rotatable bonds is 8. The molecule has 0 saturated carbocycles. The molecule has 2 atom stereocenters. The molecule has 2 saturated heterocycles. The van der Waals surface area contributed by atoms with E-state index in [1.807, 2.05) is 12.2 Å². The van der Waals surface area contributed by atoms with Gasteiger partial charge in [-0.15, -0.1) is 23.1 Å². The Morgan fingerprint density at radius 1 is 1.44 bits per heavy atom. The largest absolute Gasteiger partial charge is 0.477 e. The number of quaternary nitrogens is 1. The fraction of sp³-hybridized carbons (Fsp3) is 0.476. The van der Waals surface area contributed by atoms with Crippen molar-refractivity contribution in [1.82, 2.24) is 15.2 Å². The molecule has 0 bridgehead atoms. The molecule has 0 spiro atoms. The van der Waals surface area contributed by atoms with E-state index in [4.69, 9.17) is 10.6 Å². The molecule has 4 N–H and O–H groups in total. The van der Waals surface area contributed by atoms with Crippen LogP contribution in [0.1, 0.15) is 18.5 Å². The molecule has 1 aromatic rings. The zero-order chi connectivity index (χ0) is 24.5. The van der Waals surface area contributed by atoms with E-state index >= 15 is 0 Å². The maximum atomic E-state index is 12.9. The molecule has 2 amide bonds. The lowest BCUT2D eigenvalue weighted by Gasteiger charge is -2.49. The number of fused-ring (bicyclic) bond motifs is 1. The van der Waals surface area contributed by atoms with Gasteiger partial charge in [-0.25, -0.2) is 9.78 Å². The summed E-state index contributed by atoms with van der Waals surface area (Å²) in [5, 5.41) is 17.5. The Hall–Kier alpha value is -2.90. The minimum atomic E-state index is -1.16. The van der Waals surface area contributed by atoms with Gasteiger partial charge < -0.3 is 25.5 Å². The molecular weight excluding hydrogens is 480 g/mol. The van der Waals surface area contributed by atoms with Crippen molar-refractivity contribution in [3.05, 3.63) is 34.5 Å². The van der Waals surface area contributed by atoms with Gasteiger partial charge in [0.15, 0.2) is 10.8 Å². The highest BCUT2D eigenvalue weighted by Gasteiger charge is 2.54. The first kappa shape index (κ1) is 24.2. The second-order valence-corrected chi connectivity index (χ2v) is 10.6. The maximum Gasteiger partial charge on any atom is 0.352 e. The van der Waals surface area contributed by atoms with Crippen LogP contribution in [0.3, 0.4) is 0 Å². The van der Waals surface area contributed by atoms with Crippen LogP contribution in [0.4, 0.5) is 5.13 Å². The zero-order valence-corrected chi connectivity index (χ0v) is 20.5. The van der Waals surface area contributed by atoms with Crippen molar-refractivity contribution in [2.24, 2.45) is 5.16 Å². The number of aliphatic carboxylic acids is 1. The van der Waals surface area contributed by atoms with Gasteiger partial charge in [0.2, 0.25) is 0 Å². The first-order valence-electron chi connectivity index (χ1n) is 10.8. The summed E-state index contributed by atoms with van der Waals surface area (Å²) in [5.74, 6) is -1.88. The number of carbonyl (C=O) groups excluding carboxylic acids is 2. The number of nitrogens with one attached hydrogen (secondary N) is 1. The lowest BCUT2D eigenvalue weighted by Crippen LogP contribution is -2.71. The topological polar surface area (TPSA) is 147 Å². The number of carbonyl (C=O) groups is 3. The summed E-state index contributed by atoms with van der Waals surface area (Å²) in [5.41, 5.74) is 6.33. The highest BCUT2D eigenvalue weighted by atomic mass is 32.2. The van der Waals surface area contributed by atoms with Gasteiger partial charge in [0.1, 0.15) is 29.9 Å². The predicted molar refractivity (Wildman–Crippen MR) is 129 cm³/mol. The molecule has 13 heteroatoms. The minimum absolute atomic E-state index is 0.0300. The van der Waals surface area contributed by atoms with Crippen LogP contribution >= 0.6 is 23.1 Å². The third-order valence-corrected chi connectivity index (χ3v) is 8.14. The molecule has 1 unspecified atom stereocenters. The van der Waals surface area contributed by atoms with Gasteiger partial charge >= 0.3 is 5.97 Å². The molecule has 3 aliphatic heterocycles. The first-order valence-corrected chi connectivity index (χ1v) is 12.7. The second kappa shape index (κ2) is 9.76. The number of hydrogen-bond acceptors (Lipinski definition) is 9. The molecule has 0 aromatic carbocycles. The van der Waals surface area contributed by atoms with E-state index in [1.165, 1.54) is 36.6 Å². The number of oxime groups is 1. The number of anilines is 1. The number of nitrogen functional groups attached to an aromatic ring is 1. The van der Waals surface area contributed by atoms with Crippen molar-refractivity contribution in [2.75, 3.05) is 45.3 Å². The van der Waals surface area contributed by atoms with Crippen LogP contribution in [-0.2, 0) is 19.2 Å². The van der Waals surface area contributed by atoms with Crippen molar-refractivity contribution in [1.29, 1.82) is 0 Å². The SMILES string of the molecule is CO/N=C(\C(=O)NC1C(=O)N2C(C(=O)O)=C(/C=C/C[N+]3(C)CCCC3)CS[C@@H]12)c1csc(N)n1. The Kier molecular flexibility index (Phi) is 6.96. The van der Waals surface area contributed by atoms with E-state index in [2.05, 4.69) is 22.5 Å². The van der Waals surface area contributed by atoms with E-state index in [-0.39, 0.29) is 22.2 Å². The lowest BCUT2D eigenvalue weighted by molar-refractivity contribution is -0.891. The molecule has 0 radical (unpaired) electrons. The van der Waals surface area contributed by atoms with Crippen LogP contribution in [0.25, 0.3) is 0 Å². The highest BCUT2D eigenvalue weighted by Crippen LogP contribution is 2.40. The summed E-state index contributed by atoms with van der Waals surface area (Å²) in [4.78, 5) is 47.8. The third-order valence-electron chi connectivity index (χ3n) is 6.16. The van der Waals surface area contributed by atoms with Crippen LogP contribution in [0, 0.1) is 0 Å². The average molecular weight is 508 g/mol. The number of carboxylic acid groups (broad SMARTS) is 1. The molecule has 1 aromatic heterocycles. The maximum absolute atomic E-state index is 12.9. The number of nitrogens with zero attached hydrogens (tertiary/aromatic N) is 4. The molecule has 2 fully saturated rings. The summed E-state index contributed by atoms with van der Waals surface area (Å²) < 4.78 is 0.939. The van der Waals surface area contributed by atoms with E-state index < -0.39 is 29.2 Å². The molecule has 3 aliphatic rings. The monoisotopic (exact) mass is 507 g/mol. The van der Waals surface area contributed by atoms with Crippen LogP contribution in [-0.4, -0.2) is 93.9 Å². The van der Waals surface area contributed by atoms with Crippen molar-refractivity contribution in [3.63, 3.8) is 0 Å². The fourth-order valence-electron chi connectivity index (χ4n) is 4.40. The second-order valence-electron chi connectivity index (χ2n) is 8.59. The molecule has 4 rings (SSSR count). The van der Waals surface area contributed by atoms with Crippen LogP contribution < -0.4 is 11.1 Å². The standard InChI is InChI=1S/C21H26N6O5S2/c1-27(7-3-4-8-27)9-5-6-12-10-33-19-15(18(29)26(19)16(12)20(30)31)24-17(28)14(25-32-2)13-11-34-21(22)23-13/h5-6,11,15,19H,3-4,7-10H2,1-2H3,(H3-,22,23,24,28,30,31)/p+1/b6-5+,25-14-/t15?,19-/m0/s1. The van der Waals surface area contributed by atoms with Gasteiger partial charge in [0.25, 0.3) is 11.8 Å². The van der Waals surface area contributed by atoms with Gasteiger partial charge in [-0.2, -0.15) is 0 Å². The van der Waals surface area contributed by atoms with Gasteiger partial charge in [-0.05, 0) is 11.6 Å². The Bertz CT molecular complexity index is 1090. The number of thioether (sulfide) groups is 1. The number of hydrogen-bond donors (Lipinski definition) is 3. The molecule has 34 heavy (non-hydrogen) atoms. The first-order chi connectivity index (χ1) is 16.2. The molecule has 11 nitrogen and oxygen atoms in total. The van der Waals surface area contributed by atoms with Crippen molar-refractivity contribution < 1.29 is 28.8 Å². The Balaban J connectivity index is 1.48. The fourth-order valence-corrected chi connectivity index (χ4v) is 6.27. The van der Waals surface area contributed by atoms with Crippen LogP contribution in [0.5, 0.6) is 0 Å². The Morgan fingerprint density at radius 2 is 2.18 bits per heavy atom. The lowest BCUT2D eigenvalue weighted by atomic mass is 10.0.